The lowest BCUT2D eigenvalue weighted by molar-refractivity contribution is -0.196. The van der Waals surface area contributed by atoms with Crippen molar-refractivity contribution in [2.45, 2.75) is 52.2 Å². The van der Waals surface area contributed by atoms with Crippen LogP contribution in [0.15, 0.2) is 18.3 Å². The monoisotopic (exact) mass is 278 g/mol. The van der Waals surface area contributed by atoms with Crippen molar-refractivity contribution in [1.82, 2.24) is 10.0 Å². The van der Waals surface area contributed by atoms with Crippen LogP contribution < -0.4 is 4.74 Å². The number of ether oxygens (including phenoxy) is 1. The Morgan fingerprint density at radius 1 is 1.40 bits per heavy atom. The van der Waals surface area contributed by atoms with E-state index in [1.54, 1.807) is 27.0 Å². The lowest BCUT2D eigenvalue weighted by Crippen LogP contribution is -2.50. The van der Waals surface area contributed by atoms with E-state index in [1.807, 2.05) is 19.1 Å². The van der Waals surface area contributed by atoms with Crippen molar-refractivity contribution in [3.8, 4) is 5.75 Å². The van der Waals surface area contributed by atoms with Crippen molar-refractivity contribution in [3.05, 3.63) is 24.0 Å². The second-order valence-electron chi connectivity index (χ2n) is 6.36. The number of hydroxylamine groups is 2. The number of rotatable bonds is 3. The predicted octanol–water partition coefficient (Wildman–Crippen LogP) is 2.56. The molecule has 0 saturated heterocycles. The molecule has 0 unspecified atom stereocenters. The van der Waals surface area contributed by atoms with Crippen LogP contribution in [0, 0.1) is 12.8 Å². The van der Waals surface area contributed by atoms with E-state index < -0.39 is 5.54 Å². The Labute approximate surface area is 119 Å². The Kier molecular flexibility index (Phi) is 3.99. The molecule has 1 aromatic rings. The van der Waals surface area contributed by atoms with Gasteiger partial charge >= 0.3 is 0 Å². The van der Waals surface area contributed by atoms with Gasteiger partial charge in [0.15, 0.2) is 0 Å². The quantitative estimate of drug-likeness (QED) is 0.682. The molecule has 1 aliphatic carbocycles. The van der Waals surface area contributed by atoms with Gasteiger partial charge in [-0.05, 0) is 52.7 Å². The molecule has 1 amide bonds. The molecule has 0 aliphatic heterocycles. The summed E-state index contributed by atoms with van der Waals surface area (Å²) in [5.74, 6) is 0.352. The number of pyridine rings is 1. The number of amides is 1. The van der Waals surface area contributed by atoms with Gasteiger partial charge in [-0.2, -0.15) is 0 Å². The standard InChI is InChI=1S/C15H22N2O3/c1-10-5-6-12(9-16-10)20-13-7-11(8-13)14(18)17(19)15(2,3)4/h5-6,9,11,13,19H,7-8H2,1-4H3. The first-order valence-corrected chi connectivity index (χ1v) is 6.89. The Bertz CT molecular complexity index is 473. The van der Waals surface area contributed by atoms with E-state index in [-0.39, 0.29) is 17.9 Å². The Hall–Kier alpha value is -1.62. The van der Waals surface area contributed by atoms with Gasteiger partial charge in [0.2, 0.25) is 5.91 Å². The number of hydrogen-bond acceptors (Lipinski definition) is 4. The van der Waals surface area contributed by atoms with E-state index in [2.05, 4.69) is 4.98 Å². The number of carbonyl (C=O) groups is 1. The molecule has 1 aromatic heterocycles. The maximum Gasteiger partial charge on any atom is 0.249 e. The highest BCUT2D eigenvalue weighted by Gasteiger charge is 2.40. The summed E-state index contributed by atoms with van der Waals surface area (Å²) in [4.78, 5) is 16.2. The molecule has 1 heterocycles. The number of hydrogen-bond donors (Lipinski definition) is 1. The van der Waals surface area contributed by atoms with Crippen molar-refractivity contribution in [2.75, 3.05) is 0 Å². The van der Waals surface area contributed by atoms with E-state index in [1.165, 1.54) is 0 Å². The van der Waals surface area contributed by atoms with E-state index in [9.17, 15) is 10.0 Å². The molecule has 110 valence electrons. The summed E-state index contributed by atoms with van der Waals surface area (Å²) < 4.78 is 5.74. The Balaban J connectivity index is 1.83. The van der Waals surface area contributed by atoms with Gasteiger partial charge in [0.25, 0.3) is 0 Å². The Morgan fingerprint density at radius 3 is 2.55 bits per heavy atom. The normalized spacial score (nSPS) is 22.1. The first kappa shape index (κ1) is 14.8. The van der Waals surface area contributed by atoms with Crippen molar-refractivity contribution in [3.63, 3.8) is 0 Å². The van der Waals surface area contributed by atoms with Crippen LogP contribution in [0.5, 0.6) is 5.75 Å². The molecule has 1 N–H and O–H groups in total. The minimum atomic E-state index is -0.566. The highest BCUT2D eigenvalue weighted by molar-refractivity contribution is 5.79. The second-order valence-corrected chi connectivity index (χ2v) is 6.36. The van der Waals surface area contributed by atoms with Crippen LogP contribution in [0.25, 0.3) is 0 Å². The average molecular weight is 278 g/mol. The first-order valence-electron chi connectivity index (χ1n) is 6.89. The number of nitrogens with zero attached hydrogens (tertiary/aromatic N) is 2. The fourth-order valence-corrected chi connectivity index (χ4v) is 2.08. The van der Waals surface area contributed by atoms with E-state index in [4.69, 9.17) is 4.74 Å². The summed E-state index contributed by atoms with van der Waals surface area (Å²) in [7, 11) is 0. The highest BCUT2D eigenvalue weighted by atomic mass is 16.5. The zero-order valence-corrected chi connectivity index (χ0v) is 12.5. The van der Waals surface area contributed by atoms with Crippen LogP contribution in [-0.4, -0.2) is 32.8 Å². The lowest BCUT2D eigenvalue weighted by atomic mass is 9.81. The number of aryl methyl sites for hydroxylation is 1. The van der Waals surface area contributed by atoms with Gasteiger partial charge < -0.3 is 4.74 Å². The van der Waals surface area contributed by atoms with E-state index in [0.717, 1.165) is 16.5 Å². The molecular weight excluding hydrogens is 256 g/mol. The van der Waals surface area contributed by atoms with Crippen LogP contribution in [0.4, 0.5) is 0 Å². The minimum absolute atomic E-state index is 0.0295. The predicted molar refractivity (Wildman–Crippen MR) is 74.5 cm³/mol. The molecule has 1 fully saturated rings. The van der Waals surface area contributed by atoms with Gasteiger partial charge in [-0.25, -0.2) is 5.06 Å². The maximum absolute atomic E-state index is 12.0. The minimum Gasteiger partial charge on any atom is -0.489 e. The summed E-state index contributed by atoms with van der Waals surface area (Å²) in [5, 5.41) is 10.7. The lowest BCUT2D eigenvalue weighted by Gasteiger charge is -2.39. The SMILES string of the molecule is Cc1ccc(OC2CC(C(=O)N(O)C(C)(C)C)C2)cn1. The molecule has 1 saturated carbocycles. The van der Waals surface area contributed by atoms with Crippen molar-refractivity contribution < 1.29 is 14.7 Å². The molecule has 0 spiro atoms. The number of aromatic nitrogens is 1. The van der Waals surface area contributed by atoms with Crippen molar-refractivity contribution in [2.24, 2.45) is 5.92 Å². The summed E-state index contributed by atoms with van der Waals surface area (Å²) in [6.07, 6.45) is 3.00. The van der Waals surface area contributed by atoms with E-state index >= 15 is 0 Å². The van der Waals surface area contributed by atoms with Gasteiger partial charge in [-0.1, -0.05) is 0 Å². The number of carbonyl (C=O) groups excluding carboxylic acids is 1. The summed E-state index contributed by atoms with van der Waals surface area (Å²) in [6.45, 7) is 7.32. The Morgan fingerprint density at radius 2 is 2.05 bits per heavy atom. The second kappa shape index (κ2) is 5.40. The third-order valence-corrected chi connectivity index (χ3v) is 3.48. The third-order valence-electron chi connectivity index (χ3n) is 3.48. The van der Waals surface area contributed by atoms with Crippen molar-refractivity contribution in [1.29, 1.82) is 0 Å². The van der Waals surface area contributed by atoms with Crippen LogP contribution >= 0.6 is 0 Å². The fraction of sp³-hybridized carbons (Fsp3) is 0.600. The average Bonchev–Trinajstić information content (AvgIpc) is 2.32. The molecular formula is C15H22N2O3. The van der Waals surface area contributed by atoms with Crippen LogP contribution in [0.2, 0.25) is 0 Å². The molecule has 5 heteroatoms. The van der Waals surface area contributed by atoms with Crippen LogP contribution in [-0.2, 0) is 4.79 Å². The molecule has 0 atom stereocenters. The maximum atomic E-state index is 12.0. The molecule has 1 aliphatic rings. The van der Waals surface area contributed by atoms with Gasteiger partial charge in [0.1, 0.15) is 11.9 Å². The molecule has 0 radical (unpaired) electrons. The highest BCUT2D eigenvalue weighted by Crippen LogP contribution is 2.33. The molecule has 5 nitrogen and oxygen atoms in total. The summed E-state index contributed by atoms with van der Waals surface area (Å²) in [5.41, 5.74) is 0.379. The van der Waals surface area contributed by atoms with Gasteiger partial charge in [-0.3, -0.25) is 15.0 Å². The first-order chi connectivity index (χ1) is 9.27. The molecule has 0 bridgehead atoms. The van der Waals surface area contributed by atoms with Crippen molar-refractivity contribution >= 4 is 5.91 Å². The van der Waals surface area contributed by atoms with Gasteiger partial charge in [0.05, 0.1) is 11.7 Å². The van der Waals surface area contributed by atoms with Crippen LogP contribution in [0.1, 0.15) is 39.3 Å². The van der Waals surface area contributed by atoms with Gasteiger partial charge in [-0.15, -0.1) is 0 Å². The molecule has 0 aromatic carbocycles. The zero-order valence-electron chi connectivity index (χ0n) is 12.5. The fourth-order valence-electron chi connectivity index (χ4n) is 2.08. The third kappa shape index (κ3) is 3.28. The van der Waals surface area contributed by atoms with Crippen LogP contribution in [0.3, 0.4) is 0 Å². The smallest absolute Gasteiger partial charge is 0.249 e. The zero-order chi connectivity index (χ0) is 14.9. The molecule has 2 rings (SSSR count). The van der Waals surface area contributed by atoms with E-state index in [0.29, 0.717) is 12.8 Å². The van der Waals surface area contributed by atoms with Gasteiger partial charge in [0, 0.05) is 11.6 Å². The summed E-state index contributed by atoms with van der Waals surface area (Å²) in [6, 6.07) is 3.77. The topological polar surface area (TPSA) is 62.7 Å². The largest absolute Gasteiger partial charge is 0.489 e. The summed E-state index contributed by atoms with van der Waals surface area (Å²) >= 11 is 0. The molecule has 20 heavy (non-hydrogen) atoms.